The lowest BCUT2D eigenvalue weighted by atomic mass is 10.1. The van der Waals surface area contributed by atoms with Gasteiger partial charge in [0.25, 0.3) is 5.91 Å². The second kappa shape index (κ2) is 12.2. The molecule has 0 spiro atoms. The van der Waals surface area contributed by atoms with Gasteiger partial charge in [-0.1, -0.05) is 18.2 Å². The summed E-state index contributed by atoms with van der Waals surface area (Å²) in [6, 6.07) is 14.9. The number of hydrogen-bond acceptors (Lipinski definition) is 7. The summed E-state index contributed by atoms with van der Waals surface area (Å²) in [5.41, 5.74) is 2.43. The fourth-order valence-electron chi connectivity index (χ4n) is 4.11. The van der Waals surface area contributed by atoms with Gasteiger partial charge in [0.2, 0.25) is 5.88 Å². The van der Waals surface area contributed by atoms with E-state index in [1.807, 2.05) is 36.4 Å². The van der Waals surface area contributed by atoms with Gasteiger partial charge in [-0.15, -0.1) is 0 Å². The van der Waals surface area contributed by atoms with E-state index in [-0.39, 0.29) is 5.91 Å². The molecule has 1 aromatic heterocycles. The number of benzene rings is 2. The molecule has 1 aliphatic heterocycles. The first kappa shape index (κ1) is 24.5. The molecule has 2 heterocycles. The molecule has 0 saturated carbocycles. The van der Waals surface area contributed by atoms with E-state index in [1.165, 1.54) is 12.8 Å². The zero-order valence-electron chi connectivity index (χ0n) is 20.3. The number of rotatable bonds is 11. The molecular weight excluding hydrogens is 444 g/mol. The molecule has 1 N–H and O–H groups in total. The molecule has 0 radical (unpaired) electrons. The average molecular weight is 477 g/mol. The highest BCUT2D eigenvalue weighted by molar-refractivity contribution is 5.95. The van der Waals surface area contributed by atoms with Gasteiger partial charge >= 0.3 is 0 Å². The van der Waals surface area contributed by atoms with Crippen molar-refractivity contribution in [2.24, 2.45) is 0 Å². The summed E-state index contributed by atoms with van der Waals surface area (Å²) in [6.45, 7) is 4.22. The van der Waals surface area contributed by atoms with Gasteiger partial charge in [0.05, 0.1) is 20.8 Å². The number of ether oxygens (including phenoxy) is 3. The number of nitrogens with one attached hydrogen (secondary N) is 1. The zero-order chi connectivity index (χ0) is 24.5. The highest BCUT2D eigenvalue weighted by Crippen LogP contribution is 2.27. The number of likely N-dealkylation sites (tertiary alicyclic amines) is 1. The molecule has 0 bridgehead atoms. The minimum Gasteiger partial charge on any atom is -0.493 e. The van der Waals surface area contributed by atoms with E-state index in [1.54, 1.807) is 32.5 Å². The zero-order valence-corrected chi connectivity index (χ0v) is 20.3. The lowest BCUT2D eigenvalue weighted by Gasteiger charge is -2.14. The molecular formula is C27H32N4O4. The Morgan fingerprint density at radius 2 is 1.86 bits per heavy atom. The van der Waals surface area contributed by atoms with Gasteiger partial charge in [0, 0.05) is 42.9 Å². The third kappa shape index (κ3) is 6.70. The normalized spacial score (nSPS) is 13.4. The van der Waals surface area contributed by atoms with Gasteiger partial charge in [0.15, 0.2) is 17.3 Å². The predicted octanol–water partition coefficient (Wildman–Crippen LogP) is 3.61. The number of carbonyl (C=O) groups is 1. The van der Waals surface area contributed by atoms with Crippen molar-refractivity contribution in [1.29, 1.82) is 0 Å². The minimum atomic E-state index is -0.0895. The first-order valence-electron chi connectivity index (χ1n) is 11.9. The Morgan fingerprint density at radius 1 is 1.03 bits per heavy atom. The van der Waals surface area contributed by atoms with E-state index in [0.717, 1.165) is 30.8 Å². The molecule has 0 aliphatic carbocycles. The number of methoxy groups -OCH3 is 2. The minimum absolute atomic E-state index is 0.0895. The molecule has 3 aromatic rings. The Kier molecular flexibility index (Phi) is 8.51. The Bertz CT molecular complexity index is 1130. The van der Waals surface area contributed by atoms with Crippen molar-refractivity contribution in [3.63, 3.8) is 0 Å². The van der Waals surface area contributed by atoms with Gasteiger partial charge < -0.3 is 24.4 Å². The fourth-order valence-corrected chi connectivity index (χ4v) is 4.11. The van der Waals surface area contributed by atoms with Gasteiger partial charge in [0.1, 0.15) is 0 Å². The van der Waals surface area contributed by atoms with E-state index < -0.39 is 0 Å². The number of hydrogen-bond donors (Lipinski definition) is 1. The van der Waals surface area contributed by atoms with E-state index in [4.69, 9.17) is 14.2 Å². The molecule has 8 heteroatoms. The quantitative estimate of drug-likeness (QED) is 0.452. The molecule has 1 saturated heterocycles. The lowest BCUT2D eigenvalue weighted by molar-refractivity contribution is 0.0950. The van der Waals surface area contributed by atoms with Gasteiger partial charge in [-0.2, -0.15) is 4.98 Å². The number of nitrogens with zero attached hydrogens (tertiary/aromatic N) is 3. The summed E-state index contributed by atoms with van der Waals surface area (Å²) in [6.07, 6.45) is 4.84. The summed E-state index contributed by atoms with van der Waals surface area (Å²) < 4.78 is 16.5. The van der Waals surface area contributed by atoms with E-state index in [9.17, 15) is 4.79 Å². The number of amides is 1. The van der Waals surface area contributed by atoms with Crippen molar-refractivity contribution in [3.8, 4) is 28.8 Å². The predicted molar refractivity (Wildman–Crippen MR) is 134 cm³/mol. The smallest absolute Gasteiger partial charge is 0.251 e. The maximum atomic E-state index is 12.6. The highest BCUT2D eigenvalue weighted by Gasteiger charge is 2.13. The average Bonchev–Trinajstić information content (AvgIpc) is 3.42. The lowest BCUT2D eigenvalue weighted by Crippen LogP contribution is -2.33. The molecule has 1 amide bonds. The summed E-state index contributed by atoms with van der Waals surface area (Å²) in [5, 5.41) is 3.01. The van der Waals surface area contributed by atoms with Crippen LogP contribution >= 0.6 is 0 Å². The molecule has 4 rings (SSSR count). The molecule has 0 unspecified atom stereocenters. The summed E-state index contributed by atoms with van der Waals surface area (Å²) in [4.78, 5) is 23.9. The van der Waals surface area contributed by atoms with E-state index in [2.05, 4.69) is 20.2 Å². The van der Waals surface area contributed by atoms with Crippen LogP contribution in [0.15, 0.2) is 54.7 Å². The van der Waals surface area contributed by atoms with Crippen molar-refractivity contribution >= 4 is 5.91 Å². The monoisotopic (exact) mass is 476 g/mol. The van der Waals surface area contributed by atoms with Crippen LogP contribution in [0.3, 0.4) is 0 Å². The van der Waals surface area contributed by atoms with E-state index in [0.29, 0.717) is 48.3 Å². The summed E-state index contributed by atoms with van der Waals surface area (Å²) in [5.74, 6) is 2.29. The van der Waals surface area contributed by atoms with E-state index >= 15 is 0 Å². The fraction of sp³-hybridized carbons (Fsp3) is 0.370. The Morgan fingerprint density at radius 3 is 2.66 bits per heavy atom. The number of carbonyl (C=O) groups excluding carboxylic acids is 1. The maximum Gasteiger partial charge on any atom is 0.251 e. The third-order valence-corrected chi connectivity index (χ3v) is 6.01. The van der Waals surface area contributed by atoms with Gasteiger partial charge in [-0.05, 0) is 55.8 Å². The topological polar surface area (TPSA) is 85.8 Å². The third-order valence-electron chi connectivity index (χ3n) is 6.01. The Balaban J connectivity index is 1.33. The summed E-state index contributed by atoms with van der Waals surface area (Å²) in [7, 11) is 3.23. The Labute approximate surface area is 206 Å². The van der Waals surface area contributed by atoms with Crippen molar-refractivity contribution in [2.75, 3.05) is 47.0 Å². The molecule has 1 aliphatic rings. The molecule has 8 nitrogen and oxygen atoms in total. The van der Waals surface area contributed by atoms with Crippen LogP contribution in [0.4, 0.5) is 0 Å². The van der Waals surface area contributed by atoms with Crippen molar-refractivity contribution < 1.29 is 19.0 Å². The van der Waals surface area contributed by atoms with Crippen LogP contribution in [-0.4, -0.2) is 67.8 Å². The maximum absolute atomic E-state index is 12.6. The van der Waals surface area contributed by atoms with Crippen LogP contribution in [-0.2, 0) is 6.42 Å². The molecule has 184 valence electrons. The van der Waals surface area contributed by atoms with Crippen LogP contribution in [0.2, 0.25) is 0 Å². The van der Waals surface area contributed by atoms with Gasteiger partial charge in [-0.25, -0.2) is 4.98 Å². The summed E-state index contributed by atoms with van der Waals surface area (Å²) >= 11 is 0. The molecule has 0 atom stereocenters. The van der Waals surface area contributed by atoms with Gasteiger partial charge in [-0.3, -0.25) is 4.79 Å². The molecule has 2 aromatic carbocycles. The van der Waals surface area contributed by atoms with Crippen LogP contribution in [0.25, 0.3) is 11.4 Å². The highest BCUT2D eigenvalue weighted by atomic mass is 16.5. The van der Waals surface area contributed by atoms with Crippen LogP contribution in [0.5, 0.6) is 17.4 Å². The largest absolute Gasteiger partial charge is 0.493 e. The van der Waals surface area contributed by atoms with Crippen LogP contribution < -0.4 is 19.5 Å². The second-order valence-electron chi connectivity index (χ2n) is 8.39. The first-order chi connectivity index (χ1) is 17.2. The SMILES string of the molecule is COc1ccc(CCOc2ccnc(-c3cccc(C(=O)NCCN4CCCC4)c3)n2)cc1OC. The standard InChI is InChI=1S/C27H32N4O4/c1-33-23-9-8-20(18-24(23)34-2)11-17-35-25-10-12-28-26(30-25)21-6-5-7-22(19-21)27(32)29-13-16-31-14-3-4-15-31/h5-10,12,18-19H,3-4,11,13-17H2,1-2H3,(H,29,32). The number of aromatic nitrogens is 2. The van der Waals surface area contributed by atoms with Crippen LogP contribution in [0, 0.1) is 0 Å². The molecule has 35 heavy (non-hydrogen) atoms. The van der Waals surface area contributed by atoms with Crippen molar-refractivity contribution in [2.45, 2.75) is 19.3 Å². The second-order valence-corrected chi connectivity index (χ2v) is 8.39. The Hall–Kier alpha value is -3.65. The molecule has 1 fully saturated rings. The first-order valence-corrected chi connectivity index (χ1v) is 11.9. The van der Waals surface area contributed by atoms with Crippen molar-refractivity contribution in [1.82, 2.24) is 20.2 Å². The van der Waals surface area contributed by atoms with Crippen molar-refractivity contribution in [3.05, 3.63) is 65.9 Å². The van der Waals surface area contributed by atoms with Crippen LogP contribution in [0.1, 0.15) is 28.8 Å².